The minimum Gasteiger partial charge on any atom is -0.412 e. The molecule has 0 aliphatic heterocycles. The highest BCUT2D eigenvalue weighted by Gasteiger charge is 1.75. The predicted molar refractivity (Wildman–Crippen MR) is 33.3 cm³/mol. The molecule has 0 aromatic carbocycles. The zero-order valence-corrected chi connectivity index (χ0v) is 5.50. The largest absolute Gasteiger partial charge is 0.412 e. The van der Waals surface area contributed by atoms with Crippen LogP contribution < -0.4 is 0 Å². The molecule has 0 aromatic heterocycles. The minimum atomic E-state index is 0. The smallest absolute Gasteiger partial charge is 0.0440 e. The SMILES string of the molecule is CC(C)=C(C)C.O. The molecule has 0 radical (unpaired) electrons. The van der Waals surface area contributed by atoms with E-state index in [2.05, 4.69) is 27.7 Å². The third-order valence-electron chi connectivity index (χ3n) is 1.00. The van der Waals surface area contributed by atoms with Crippen LogP contribution in [0.5, 0.6) is 0 Å². The summed E-state index contributed by atoms with van der Waals surface area (Å²) in [5.41, 5.74) is 2.85. The fraction of sp³-hybridized carbons (Fsp3) is 0.667. The Hall–Kier alpha value is -0.300. The van der Waals surface area contributed by atoms with E-state index in [1.54, 1.807) is 0 Å². The van der Waals surface area contributed by atoms with Gasteiger partial charge in [-0.1, -0.05) is 11.1 Å². The van der Waals surface area contributed by atoms with Gasteiger partial charge in [-0.3, -0.25) is 0 Å². The molecule has 0 bridgehead atoms. The summed E-state index contributed by atoms with van der Waals surface area (Å²) >= 11 is 0. The number of rotatable bonds is 0. The van der Waals surface area contributed by atoms with E-state index in [9.17, 15) is 0 Å². The maximum absolute atomic E-state index is 2.12. The van der Waals surface area contributed by atoms with E-state index in [1.165, 1.54) is 11.1 Å². The van der Waals surface area contributed by atoms with Crippen molar-refractivity contribution in [2.45, 2.75) is 27.7 Å². The Labute approximate surface area is 45.4 Å². The molecule has 0 amide bonds. The summed E-state index contributed by atoms with van der Waals surface area (Å²) in [7, 11) is 0. The second-order valence-corrected chi connectivity index (χ2v) is 2.00. The molecule has 0 spiro atoms. The standard InChI is InChI=1S/C6H12.H2O/c1-5(2)6(3)4;/h1-4H3;1H2. The van der Waals surface area contributed by atoms with Crippen LogP contribution in [0.3, 0.4) is 0 Å². The van der Waals surface area contributed by atoms with Gasteiger partial charge in [0.1, 0.15) is 0 Å². The van der Waals surface area contributed by atoms with Gasteiger partial charge in [-0.2, -0.15) is 0 Å². The maximum atomic E-state index is 2.12. The Morgan fingerprint density at radius 3 is 0.857 bits per heavy atom. The lowest BCUT2D eigenvalue weighted by molar-refractivity contribution is 0.824. The molecule has 0 saturated carbocycles. The number of hydrogen-bond acceptors (Lipinski definition) is 0. The summed E-state index contributed by atoms with van der Waals surface area (Å²) in [4.78, 5) is 0. The van der Waals surface area contributed by atoms with Gasteiger partial charge in [-0.15, -0.1) is 0 Å². The van der Waals surface area contributed by atoms with Crippen molar-refractivity contribution in [1.29, 1.82) is 0 Å². The molecular formula is C6H14O. The van der Waals surface area contributed by atoms with Gasteiger partial charge >= 0.3 is 0 Å². The minimum absolute atomic E-state index is 0. The first-order valence-electron chi connectivity index (χ1n) is 2.25. The molecule has 0 heterocycles. The van der Waals surface area contributed by atoms with E-state index in [-0.39, 0.29) is 5.48 Å². The average Bonchev–Trinajstić information content (AvgIpc) is 1.36. The van der Waals surface area contributed by atoms with Gasteiger partial charge < -0.3 is 5.48 Å². The van der Waals surface area contributed by atoms with Gasteiger partial charge in [0.15, 0.2) is 0 Å². The van der Waals surface area contributed by atoms with E-state index < -0.39 is 0 Å². The quantitative estimate of drug-likeness (QED) is 0.415. The Morgan fingerprint density at radius 2 is 0.857 bits per heavy atom. The van der Waals surface area contributed by atoms with E-state index in [1.807, 2.05) is 0 Å². The van der Waals surface area contributed by atoms with Crippen molar-refractivity contribution in [3.63, 3.8) is 0 Å². The Bertz CT molecular complexity index is 54.2. The number of allylic oxidation sites excluding steroid dienone is 2. The Kier molecular flexibility index (Phi) is 5.46. The first-order chi connectivity index (χ1) is 2.64. The topological polar surface area (TPSA) is 31.5 Å². The third kappa shape index (κ3) is 5.70. The first-order valence-corrected chi connectivity index (χ1v) is 2.25. The Balaban J connectivity index is 0. The van der Waals surface area contributed by atoms with Crippen LogP contribution in [0.1, 0.15) is 27.7 Å². The molecule has 0 rings (SSSR count). The Morgan fingerprint density at radius 1 is 0.714 bits per heavy atom. The lowest BCUT2D eigenvalue weighted by atomic mass is 10.2. The van der Waals surface area contributed by atoms with Gasteiger partial charge in [-0.25, -0.2) is 0 Å². The van der Waals surface area contributed by atoms with Crippen LogP contribution in [-0.4, -0.2) is 5.48 Å². The molecule has 1 nitrogen and oxygen atoms in total. The van der Waals surface area contributed by atoms with Crippen LogP contribution >= 0.6 is 0 Å². The van der Waals surface area contributed by atoms with Crippen LogP contribution in [0.15, 0.2) is 11.1 Å². The molecule has 0 aliphatic carbocycles. The second kappa shape index (κ2) is 3.88. The molecule has 0 unspecified atom stereocenters. The molecule has 1 heteroatoms. The van der Waals surface area contributed by atoms with Crippen molar-refractivity contribution in [3.05, 3.63) is 11.1 Å². The summed E-state index contributed by atoms with van der Waals surface area (Å²) in [6, 6.07) is 0. The van der Waals surface area contributed by atoms with Gasteiger partial charge in [-0.05, 0) is 27.7 Å². The summed E-state index contributed by atoms with van der Waals surface area (Å²) < 4.78 is 0. The summed E-state index contributed by atoms with van der Waals surface area (Å²) in [6.45, 7) is 8.48. The van der Waals surface area contributed by atoms with Crippen molar-refractivity contribution >= 4 is 0 Å². The van der Waals surface area contributed by atoms with Crippen LogP contribution in [0.4, 0.5) is 0 Å². The van der Waals surface area contributed by atoms with Crippen LogP contribution in [0.2, 0.25) is 0 Å². The van der Waals surface area contributed by atoms with Gasteiger partial charge in [0, 0.05) is 0 Å². The molecule has 0 fully saturated rings. The zero-order valence-electron chi connectivity index (χ0n) is 5.50. The monoisotopic (exact) mass is 102 g/mol. The summed E-state index contributed by atoms with van der Waals surface area (Å²) in [6.07, 6.45) is 0. The van der Waals surface area contributed by atoms with Crippen LogP contribution in [-0.2, 0) is 0 Å². The van der Waals surface area contributed by atoms with E-state index in [0.29, 0.717) is 0 Å². The molecule has 2 N–H and O–H groups in total. The lowest BCUT2D eigenvalue weighted by Crippen LogP contribution is -1.66. The highest BCUT2D eigenvalue weighted by molar-refractivity contribution is 5.02. The summed E-state index contributed by atoms with van der Waals surface area (Å²) in [5.74, 6) is 0. The molecule has 0 aromatic rings. The molecular weight excluding hydrogens is 88.1 g/mol. The van der Waals surface area contributed by atoms with E-state index in [0.717, 1.165) is 0 Å². The fourth-order valence-corrected chi connectivity index (χ4v) is 0. The van der Waals surface area contributed by atoms with Gasteiger partial charge in [0.05, 0.1) is 0 Å². The molecule has 0 saturated heterocycles. The number of hydrogen-bond donors (Lipinski definition) is 0. The fourth-order valence-electron chi connectivity index (χ4n) is 0. The van der Waals surface area contributed by atoms with Crippen molar-refractivity contribution in [2.75, 3.05) is 0 Å². The second-order valence-electron chi connectivity index (χ2n) is 2.00. The predicted octanol–water partition coefficient (Wildman–Crippen LogP) is 1.54. The van der Waals surface area contributed by atoms with Crippen molar-refractivity contribution < 1.29 is 5.48 Å². The third-order valence-corrected chi connectivity index (χ3v) is 1.00. The lowest BCUT2D eigenvalue weighted by Gasteiger charge is -1.88. The van der Waals surface area contributed by atoms with Crippen LogP contribution in [0.25, 0.3) is 0 Å². The maximum Gasteiger partial charge on any atom is -0.0440 e. The van der Waals surface area contributed by atoms with Crippen molar-refractivity contribution in [1.82, 2.24) is 0 Å². The zero-order chi connectivity index (χ0) is 5.15. The molecule has 7 heavy (non-hydrogen) atoms. The van der Waals surface area contributed by atoms with Crippen molar-refractivity contribution in [2.24, 2.45) is 0 Å². The van der Waals surface area contributed by atoms with Gasteiger partial charge in [0.25, 0.3) is 0 Å². The first kappa shape index (κ1) is 9.85. The van der Waals surface area contributed by atoms with Crippen molar-refractivity contribution in [3.8, 4) is 0 Å². The van der Waals surface area contributed by atoms with Gasteiger partial charge in [0.2, 0.25) is 0 Å². The molecule has 0 atom stereocenters. The highest BCUT2D eigenvalue weighted by Crippen LogP contribution is 1.96. The van der Waals surface area contributed by atoms with Crippen LogP contribution in [0, 0.1) is 0 Å². The molecule has 44 valence electrons. The normalized spacial score (nSPS) is 6.86. The van der Waals surface area contributed by atoms with E-state index in [4.69, 9.17) is 0 Å². The molecule has 0 aliphatic rings. The average molecular weight is 102 g/mol. The van der Waals surface area contributed by atoms with E-state index >= 15 is 0 Å². The highest BCUT2D eigenvalue weighted by atomic mass is 16.0. The summed E-state index contributed by atoms with van der Waals surface area (Å²) in [5, 5.41) is 0.